The van der Waals surface area contributed by atoms with E-state index in [9.17, 15) is 4.79 Å². The van der Waals surface area contributed by atoms with Gasteiger partial charge < -0.3 is 4.74 Å². The van der Waals surface area contributed by atoms with Gasteiger partial charge >= 0.3 is 5.97 Å². The molecule has 0 spiro atoms. The number of ether oxygens (including phenoxy) is 1. The van der Waals surface area contributed by atoms with Crippen LogP contribution in [0.2, 0.25) is 0 Å². The maximum absolute atomic E-state index is 11.3. The molecule has 0 aromatic heterocycles. The molecule has 2 fully saturated rings. The molecule has 86 valence electrons. The summed E-state index contributed by atoms with van der Waals surface area (Å²) in [5.41, 5.74) is 0. The number of hydrogen-bond acceptors (Lipinski definition) is 3. The first-order valence-electron chi connectivity index (χ1n) is 6.17. The fourth-order valence-electron chi connectivity index (χ4n) is 3.02. The average molecular weight is 211 g/mol. The van der Waals surface area contributed by atoms with Crippen molar-refractivity contribution in [3.8, 4) is 0 Å². The van der Waals surface area contributed by atoms with Crippen LogP contribution in [0.25, 0.3) is 0 Å². The van der Waals surface area contributed by atoms with E-state index in [1.54, 1.807) is 0 Å². The summed E-state index contributed by atoms with van der Waals surface area (Å²) in [7, 11) is 0. The Morgan fingerprint density at radius 2 is 1.87 bits per heavy atom. The smallest absolute Gasteiger partial charge is 0.320 e. The highest BCUT2D eigenvalue weighted by Gasteiger charge is 2.34. The predicted molar refractivity (Wildman–Crippen MR) is 58.5 cm³/mol. The summed E-state index contributed by atoms with van der Waals surface area (Å²) >= 11 is 0. The van der Waals surface area contributed by atoms with Gasteiger partial charge in [-0.1, -0.05) is 12.8 Å². The Hall–Kier alpha value is -0.570. The molecule has 1 saturated carbocycles. The first-order valence-corrected chi connectivity index (χ1v) is 6.17. The lowest BCUT2D eigenvalue weighted by Gasteiger charge is -2.23. The van der Waals surface area contributed by atoms with Crippen molar-refractivity contribution in [2.75, 3.05) is 26.2 Å². The average Bonchev–Trinajstić information content (AvgIpc) is 2.59. The van der Waals surface area contributed by atoms with E-state index in [0.717, 1.165) is 24.9 Å². The lowest BCUT2D eigenvalue weighted by Crippen LogP contribution is -2.29. The minimum atomic E-state index is -0.0591. The number of fused-ring (bicyclic) bond motifs is 1. The summed E-state index contributed by atoms with van der Waals surface area (Å²) in [4.78, 5) is 13.6. The van der Waals surface area contributed by atoms with Gasteiger partial charge in [-0.25, -0.2) is 0 Å². The quantitative estimate of drug-likeness (QED) is 0.665. The Balaban J connectivity index is 1.78. The lowest BCUT2D eigenvalue weighted by molar-refractivity contribution is -0.144. The van der Waals surface area contributed by atoms with E-state index in [4.69, 9.17) is 4.74 Å². The zero-order valence-electron chi connectivity index (χ0n) is 9.58. The van der Waals surface area contributed by atoms with Crippen LogP contribution in [0.1, 0.15) is 32.6 Å². The summed E-state index contributed by atoms with van der Waals surface area (Å²) in [5.74, 6) is 1.65. The molecule has 1 aliphatic carbocycles. The Labute approximate surface area is 91.8 Å². The number of nitrogens with zero attached hydrogens (tertiary/aromatic N) is 1. The monoisotopic (exact) mass is 211 g/mol. The maximum Gasteiger partial charge on any atom is 0.320 e. The van der Waals surface area contributed by atoms with Crippen LogP contribution in [0.4, 0.5) is 0 Å². The van der Waals surface area contributed by atoms with E-state index in [1.165, 1.54) is 25.7 Å². The van der Waals surface area contributed by atoms with Crippen molar-refractivity contribution in [2.45, 2.75) is 32.6 Å². The predicted octanol–water partition coefficient (Wildman–Crippen LogP) is 1.67. The number of rotatable bonds is 3. The van der Waals surface area contributed by atoms with Crippen molar-refractivity contribution in [1.82, 2.24) is 4.90 Å². The second kappa shape index (κ2) is 4.97. The summed E-state index contributed by atoms with van der Waals surface area (Å²) in [6.45, 7) is 5.09. The summed E-state index contributed by atoms with van der Waals surface area (Å²) in [6, 6.07) is 0. The Kier molecular flexibility index (Phi) is 3.62. The zero-order valence-corrected chi connectivity index (χ0v) is 9.58. The van der Waals surface area contributed by atoms with Gasteiger partial charge in [0.1, 0.15) is 0 Å². The van der Waals surface area contributed by atoms with Crippen molar-refractivity contribution < 1.29 is 9.53 Å². The highest BCUT2D eigenvalue weighted by Crippen LogP contribution is 2.35. The molecule has 15 heavy (non-hydrogen) atoms. The first kappa shape index (κ1) is 10.9. The lowest BCUT2D eigenvalue weighted by atomic mass is 9.82. The first-order chi connectivity index (χ1) is 7.29. The zero-order chi connectivity index (χ0) is 10.7. The normalized spacial score (nSPS) is 31.3. The highest BCUT2D eigenvalue weighted by atomic mass is 16.5. The van der Waals surface area contributed by atoms with E-state index < -0.39 is 0 Å². The van der Waals surface area contributed by atoms with Crippen LogP contribution < -0.4 is 0 Å². The van der Waals surface area contributed by atoms with Crippen LogP contribution in [-0.2, 0) is 9.53 Å². The van der Waals surface area contributed by atoms with Crippen molar-refractivity contribution in [2.24, 2.45) is 11.8 Å². The molecule has 0 aromatic rings. The third-order valence-electron chi connectivity index (χ3n) is 3.71. The third kappa shape index (κ3) is 2.71. The second-order valence-electron chi connectivity index (χ2n) is 4.80. The van der Waals surface area contributed by atoms with Gasteiger partial charge in [-0.05, 0) is 31.6 Å². The molecule has 3 heteroatoms. The molecule has 0 radical (unpaired) electrons. The Morgan fingerprint density at radius 1 is 1.27 bits per heavy atom. The molecule has 2 atom stereocenters. The van der Waals surface area contributed by atoms with E-state index in [-0.39, 0.29) is 5.97 Å². The van der Waals surface area contributed by atoms with E-state index in [1.807, 2.05) is 6.92 Å². The van der Waals surface area contributed by atoms with Crippen LogP contribution in [0.15, 0.2) is 0 Å². The van der Waals surface area contributed by atoms with Crippen LogP contribution in [0, 0.1) is 11.8 Å². The van der Waals surface area contributed by atoms with Gasteiger partial charge in [0.15, 0.2) is 0 Å². The Bertz CT molecular complexity index is 216. The largest absolute Gasteiger partial charge is 0.465 e. The molecular formula is C12H21NO2. The molecule has 3 nitrogen and oxygen atoms in total. The van der Waals surface area contributed by atoms with Crippen LogP contribution >= 0.6 is 0 Å². The molecule has 0 bridgehead atoms. The maximum atomic E-state index is 11.3. The minimum absolute atomic E-state index is 0.0591. The summed E-state index contributed by atoms with van der Waals surface area (Å²) in [6.07, 6.45) is 5.50. The molecule has 1 saturated heterocycles. The van der Waals surface area contributed by atoms with Crippen molar-refractivity contribution in [3.63, 3.8) is 0 Å². The SMILES string of the molecule is CCOC(=O)CN1C[C@H]2CCCC[C@H]2C1. The number of likely N-dealkylation sites (tertiary alicyclic amines) is 1. The van der Waals surface area contributed by atoms with Gasteiger partial charge in [0.25, 0.3) is 0 Å². The molecule has 0 aromatic carbocycles. The molecule has 2 aliphatic rings. The molecule has 2 rings (SSSR count). The van der Waals surface area contributed by atoms with Gasteiger partial charge in [-0.15, -0.1) is 0 Å². The summed E-state index contributed by atoms with van der Waals surface area (Å²) in [5, 5.41) is 0. The van der Waals surface area contributed by atoms with Gasteiger partial charge in [0.05, 0.1) is 13.2 Å². The standard InChI is InChI=1S/C12H21NO2/c1-2-15-12(14)9-13-7-10-5-3-4-6-11(10)8-13/h10-11H,2-9H2,1H3/t10-,11+. The molecular weight excluding hydrogens is 190 g/mol. The molecule has 0 amide bonds. The van der Waals surface area contributed by atoms with Gasteiger partial charge in [-0.2, -0.15) is 0 Å². The van der Waals surface area contributed by atoms with Gasteiger partial charge in [-0.3, -0.25) is 9.69 Å². The minimum Gasteiger partial charge on any atom is -0.465 e. The van der Waals surface area contributed by atoms with E-state index in [0.29, 0.717) is 13.2 Å². The third-order valence-corrected chi connectivity index (χ3v) is 3.71. The number of carbonyl (C=O) groups is 1. The highest BCUT2D eigenvalue weighted by molar-refractivity contribution is 5.71. The molecule has 1 aliphatic heterocycles. The Morgan fingerprint density at radius 3 is 2.40 bits per heavy atom. The van der Waals surface area contributed by atoms with Crippen molar-refractivity contribution in [3.05, 3.63) is 0 Å². The summed E-state index contributed by atoms with van der Waals surface area (Å²) < 4.78 is 4.98. The van der Waals surface area contributed by atoms with Crippen LogP contribution in [0.3, 0.4) is 0 Å². The second-order valence-corrected chi connectivity index (χ2v) is 4.80. The fourth-order valence-corrected chi connectivity index (χ4v) is 3.02. The number of esters is 1. The molecule has 1 heterocycles. The van der Waals surface area contributed by atoms with Crippen molar-refractivity contribution >= 4 is 5.97 Å². The van der Waals surface area contributed by atoms with Gasteiger partial charge in [0, 0.05) is 13.1 Å². The molecule has 0 unspecified atom stereocenters. The molecule has 0 N–H and O–H groups in total. The number of carbonyl (C=O) groups excluding carboxylic acids is 1. The van der Waals surface area contributed by atoms with E-state index >= 15 is 0 Å². The topological polar surface area (TPSA) is 29.5 Å². The van der Waals surface area contributed by atoms with E-state index in [2.05, 4.69) is 4.90 Å². The van der Waals surface area contributed by atoms with Crippen LogP contribution in [-0.4, -0.2) is 37.1 Å². The number of hydrogen-bond donors (Lipinski definition) is 0. The fraction of sp³-hybridized carbons (Fsp3) is 0.917. The van der Waals surface area contributed by atoms with Crippen molar-refractivity contribution in [1.29, 1.82) is 0 Å². The van der Waals surface area contributed by atoms with Gasteiger partial charge in [0.2, 0.25) is 0 Å². The van der Waals surface area contributed by atoms with Crippen LogP contribution in [0.5, 0.6) is 0 Å².